The lowest BCUT2D eigenvalue weighted by atomic mass is 10.1. The number of sulfone groups is 4. The van der Waals surface area contributed by atoms with Crippen LogP contribution in [0.3, 0.4) is 0 Å². The van der Waals surface area contributed by atoms with Gasteiger partial charge in [0, 0.05) is 79.7 Å². The third-order valence-electron chi connectivity index (χ3n) is 19.0. The summed E-state index contributed by atoms with van der Waals surface area (Å²) >= 11 is 3.18. The molecule has 125 heavy (non-hydrogen) atoms. The molecule has 8 aromatic carbocycles. The molecule has 674 valence electrons. The third kappa shape index (κ3) is 26.2. The number of amides is 4. The smallest absolute Gasteiger partial charge is 0.345 e. The Morgan fingerprint density at radius 1 is 0.480 bits per heavy atom. The molecule has 0 aromatic heterocycles. The van der Waals surface area contributed by atoms with Gasteiger partial charge in [0.25, 0.3) is 29.1 Å². The number of nitro benzene ring substituents is 2. The quantitative estimate of drug-likeness (QED) is 0.0111. The fourth-order valence-electron chi connectivity index (χ4n) is 13.5. The van der Waals surface area contributed by atoms with Gasteiger partial charge in [0.05, 0.1) is 135 Å². The van der Waals surface area contributed by atoms with Crippen molar-refractivity contribution < 1.29 is 116 Å². The van der Waals surface area contributed by atoms with Gasteiger partial charge in [-0.05, 0) is 153 Å². The number of hydrogen-bond acceptors (Lipinski definition) is 28. The van der Waals surface area contributed by atoms with Crippen molar-refractivity contribution in [3.05, 3.63) is 233 Å². The number of nitrogen functional groups attached to an aromatic ring is 1. The Morgan fingerprint density at radius 3 is 1.18 bits per heavy atom. The topological polar surface area (TPSA) is 465 Å². The Morgan fingerprint density at radius 2 is 0.824 bits per heavy atom. The molecule has 1 saturated carbocycles. The number of benzene rings is 8. The van der Waals surface area contributed by atoms with Crippen LogP contribution in [0.25, 0.3) is 0 Å². The number of esters is 1. The molecule has 0 spiro atoms. The van der Waals surface area contributed by atoms with Crippen molar-refractivity contribution >= 4 is 108 Å². The zero-order valence-corrected chi connectivity index (χ0v) is 75.9. The van der Waals surface area contributed by atoms with Crippen molar-refractivity contribution in [3.63, 3.8) is 0 Å². The predicted molar refractivity (Wildman–Crippen MR) is 474 cm³/mol. The van der Waals surface area contributed by atoms with E-state index in [4.69, 9.17) is 58.2 Å². The summed E-state index contributed by atoms with van der Waals surface area (Å²) in [7, 11) is -8.45. The van der Waals surface area contributed by atoms with Crippen molar-refractivity contribution in [3.8, 4) is 46.0 Å². The van der Waals surface area contributed by atoms with E-state index < -0.39 is 120 Å². The Labute approximate surface area is 740 Å². The number of nitrogens with zero attached hydrogens (tertiary/aromatic N) is 5. The highest BCUT2D eigenvalue weighted by Crippen LogP contribution is 2.44. The van der Waals surface area contributed by atoms with Crippen molar-refractivity contribution in [1.29, 1.82) is 0 Å². The second-order valence-electron chi connectivity index (χ2n) is 28.5. The van der Waals surface area contributed by atoms with Gasteiger partial charge in [-0.2, -0.15) is 0 Å². The van der Waals surface area contributed by atoms with Gasteiger partial charge in [0.1, 0.15) is 50.5 Å². The number of alkyl halides is 1. The minimum Gasteiger partial charge on any atom is -0.493 e. The first-order valence-corrected chi connectivity index (χ1v) is 48.1. The number of methoxy groups -OCH3 is 4. The maximum absolute atomic E-state index is 13.6. The van der Waals surface area contributed by atoms with Crippen LogP contribution in [0.2, 0.25) is 0 Å². The first-order chi connectivity index (χ1) is 60.5. The molecule has 3 aliphatic heterocycles. The number of anilines is 2. The van der Waals surface area contributed by atoms with Crippen molar-refractivity contribution in [2.24, 2.45) is 11.7 Å². The van der Waals surface area contributed by atoms with Gasteiger partial charge in [-0.3, -0.25) is 39.4 Å². The Hall–Kier alpha value is -11.7. The minimum absolute atomic E-state index is 0.0197. The normalized spacial score (nSPS) is 15.7. The average Bonchev–Trinajstić information content (AvgIpc) is 1.62. The molecule has 0 unspecified atom stereocenters. The molecule has 1 aliphatic carbocycles. The molecule has 39 heteroatoms. The van der Waals surface area contributed by atoms with Crippen LogP contribution < -0.4 is 54.7 Å². The van der Waals surface area contributed by atoms with Gasteiger partial charge in [-0.1, -0.05) is 88.7 Å². The number of hydrogen-bond donors (Lipinski definition) is 3. The van der Waals surface area contributed by atoms with Crippen LogP contribution in [0.1, 0.15) is 163 Å². The maximum Gasteiger partial charge on any atom is 0.345 e. The number of carbonyl (C=O) groups excluding carboxylic acids is 5. The van der Waals surface area contributed by atoms with Gasteiger partial charge < -0.3 is 74.1 Å². The second-order valence-corrected chi connectivity index (χ2v) is 37.6. The van der Waals surface area contributed by atoms with Crippen LogP contribution in [-0.4, -0.2) is 197 Å². The molecule has 0 saturated heterocycles. The Kier molecular flexibility index (Phi) is 32.4. The molecule has 3 heterocycles. The zero-order chi connectivity index (χ0) is 95.9. The van der Waals surface area contributed by atoms with E-state index in [2.05, 4.69) is 21.2 Å². The van der Waals surface area contributed by atoms with Gasteiger partial charge in [0.2, 0.25) is 5.91 Å². The molecular formula is C86H103BrN8O26S4. The first kappa shape index (κ1) is 92.5. The summed E-state index contributed by atoms with van der Waals surface area (Å²) in [6.45, 7) is 10.5. The van der Waals surface area contributed by atoms with Crippen molar-refractivity contribution in [2.45, 2.75) is 96.5 Å². The van der Waals surface area contributed by atoms with Gasteiger partial charge in [-0.25, -0.2) is 38.5 Å². The second kappa shape index (κ2) is 43.8. The number of halogens is 1. The summed E-state index contributed by atoms with van der Waals surface area (Å²) in [5, 5.41) is 25.4. The molecule has 4 atom stereocenters. The standard InChI is InChI=1S/C24H28N2O6S.C20H22N2O7S.C20H24N2O5S.C12H19NO4S.C10H10BrNO4/c1-4-32-21-12-16(10-11-20(21)31-2)19(14-33(3,29)30)26-13-17-6-5-7-18(22(17)24(26)28)25-23(27)15-8-9-15;1-4-29-18-10-13(8-9-17(18)28-2)16(12-30(3,26)27)21-11-14-6-5-7-15(22(24)25)19(14)20(21)23;1-4-27-18-10-13(8-9-17(18)26-2)16(12-28(3,24)25)22-11-14-6-5-7-15(21)19(14)20(22)23;1-4-17-12-7-9(5-6-11(12)16-2)10(13)8-18(3,14)15;1-2-16-10(13)9-7(6-11)4-3-5-8(9)12(14)15/h5-7,10-12,15,19H,4,8-9,13-14H2,1-3H3,(H,25,27);5-10,16H,4,11-12H2,1-3H3;5-10,16H,4,11-12,21H2,1-3H3;5-7,10H,4,8,13H2,1-3H3;3-5H,2,6H2,1H3/t19-;2*16-;10-;/m1111./s1/i19D;2*16D;10D;. The number of nitro groups is 2. The lowest BCUT2D eigenvalue weighted by Crippen LogP contribution is -2.34. The molecule has 8 aromatic rings. The van der Waals surface area contributed by atoms with Crippen LogP contribution in [0.4, 0.5) is 22.7 Å². The van der Waals surface area contributed by atoms with E-state index in [0.717, 1.165) is 42.8 Å². The lowest BCUT2D eigenvalue weighted by Gasteiger charge is -2.28. The van der Waals surface area contributed by atoms with Crippen molar-refractivity contribution in [1.82, 2.24) is 14.7 Å². The van der Waals surface area contributed by atoms with Crippen LogP contribution >= 0.6 is 15.9 Å². The highest BCUT2D eigenvalue weighted by Gasteiger charge is 2.43. The number of nitrogens with two attached hydrogens (primary N) is 2. The van der Waals surface area contributed by atoms with E-state index in [1.54, 1.807) is 131 Å². The largest absolute Gasteiger partial charge is 0.493 e. The maximum atomic E-state index is 13.6. The number of ether oxygens (including phenoxy) is 9. The van der Waals surface area contributed by atoms with Gasteiger partial charge >= 0.3 is 5.97 Å². The average molecular weight is 1880 g/mol. The number of fused-ring (bicyclic) bond motifs is 3. The summed E-state index contributed by atoms with van der Waals surface area (Å²) in [6, 6.07) is 30.0. The Bertz CT molecular complexity index is 6040. The van der Waals surface area contributed by atoms with Crippen LogP contribution in [0.5, 0.6) is 46.0 Å². The van der Waals surface area contributed by atoms with E-state index in [1.165, 1.54) is 80.7 Å². The summed E-state index contributed by atoms with van der Waals surface area (Å²) < 4.78 is 180. The Balaban J connectivity index is 0.000000204. The van der Waals surface area contributed by atoms with Gasteiger partial charge in [-0.15, -0.1) is 0 Å². The fourth-order valence-corrected chi connectivity index (χ4v) is 17.1. The van der Waals surface area contributed by atoms with Crippen molar-refractivity contribution in [2.75, 3.05) is 121 Å². The van der Waals surface area contributed by atoms with E-state index in [1.807, 2.05) is 6.92 Å². The molecular weight excluding hydrogens is 1770 g/mol. The molecule has 4 amide bonds. The molecule has 5 N–H and O–H groups in total. The number of rotatable bonds is 34. The molecule has 1 fully saturated rings. The molecule has 0 bridgehead atoms. The monoisotopic (exact) mass is 1870 g/mol. The molecule has 4 aliphatic rings. The summed E-state index contributed by atoms with van der Waals surface area (Å²) in [4.78, 5) is 88.4. The summed E-state index contributed by atoms with van der Waals surface area (Å²) in [5.74, 6) is -1.66. The summed E-state index contributed by atoms with van der Waals surface area (Å²) in [5.41, 5.74) is 15.7. The number of carbonyl (C=O) groups is 5. The molecule has 0 radical (unpaired) electrons. The van der Waals surface area contributed by atoms with E-state index >= 15 is 0 Å². The fraction of sp³-hybridized carbons (Fsp3) is 0.384. The zero-order valence-electron chi connectivity index (χ0n) is 75.1. The first-order valence-electron chi connectivity index (χ1n) is 40.8. The van der Waals surface area contributed by atoms with E-state index in [-0.39, 0.29) is 71.7 Å². The molecule has 34 nitrogen and oxygen atoms in total. The third-order valence-corrected chi connectivity index (χ3v) is 22.8. The number of nitrogens with one attached hydrogen (secondary N) is 1. The highest BCUT2D eigenvalue weighted by molar-refractivity contribution is 9.08. The van der Waals surface area contributed by atoms with Crippen LogP contribution in [0, 0.1) is 26.1 Å². The SMILES string of the molecule is CCOC(=O)c1c(CBr)cccc1[N+](=O)[O-].[2H][C@@](CS(C)(=O)=O)(c1ccc(OC)c(OCC)c1)N1Cc2cccc(N)c2C1=O.[2H][C@@](CS(C)(=O)=O)(c1ccc(OC)c(OCC)c1)N1Cc2cccc(NC(=O)C3CC3)c2C1=O.[2H][C@@](CS(C)(=O)=O)(c1ccc(OC)c(OCC)c1)N1Cc2cccc([N+](=O)[O-])c2C1=O.[2H][C@@](N)(CS(C)(=O)=O)c1ccc(OC)c(OCC)c1. The minimum atomic E-state index is -3.73. The lowest BCUT2D eigenvalue weighted by molar-refractivity contribution is -0.385. The van der Waals surface area contributed by atoms with Gasteiger partial charge in [0.15, 0.2) is 46.0 Å². The van der Waals surface area contributed by atoms with E-state index in [9.17, 15) is 79.2 Å². The highest BCUT2D eigenvalue weighted by atomic mass is 79.9. The molecule has 12 rings (SSSR count). The predicted octanol–water partition coefficient (Wildman–Crippen LogP) is 12.2. The van der Waals surface area contributed by atoms with Crippen LogP contribution in [0.15, 0.2) is 146 Å². The summed E-state index contributed by atoms with van der Waals surface area (Å²) in [6.07, 6.45) is 5.76. The van der Waals surface area contributed by atoms with E-state index in [0.29, 0.717) is 134 Å². The van der Waals surface area contributed by atoms with Crippen LogP contribution in [-0.2, 0) is 73.8 Å².